The third kappa shape index (κ3) is 5.50. The van der Waals surface area contributed by atoms with Crippen LogP contribution in [0, 0.1) is 13.8 Å². The molecule has 29 heavy (non-hydrogen) atoms. The molecule has 2 amide bonds. The first-order valence-corrected chi connectivity index (χ1v) is 10.3. The van der Waals surface area contributed by atoms with Crippen LogP contribution in [0.3, 0.4) is 0 Å². The Labute approximate surface area is 179 Å². The minimum atomic E-state index is -0.142. The van der Waals surface area contributed by atoms with E-state index in [0.29, 0.717) is 54.0 Å². The number of benzene rings is 1. The van der Waals surface area contributed by atoms with Crippen LogP contribution < -0.4 is 5.32 Å². The van der Waals surface area contributed by atoms with E-state index < -0.39 is 0 Å². The Morgan fingerprint density at radius 1 is 1.14 bits per heavy atom. The van der Waals surface area contributed by atoms with Crippen molar-refractivity contribution in [3.05, 3.63) is 45.3 Å². The lowest BCUT2D eigenvalue weighted by Crippen LogP contribution is -2.49. The zero-order valence-electron chi connectivity index (χ0n) is 16.5. The molecular weight excluding hydrogens is 415 g/mol. The lowest BCUT2D eigenvalue weighted by molar-refractivity contribution is -0.132. The maximum absolute atomic E-state index is 12.6. The summed E-state index contributed by atoms with van der Waals surface area (Å²) in [6.07, 6.45) is 0.636. The van der Waals surface area contributed by atoms with E-state index in [4.69, 9.17) is 27.7 Å². The number of aromatic nitrogens is 1. The van der Waals surface area contributed by atoms with Crippen LogP contribution >= 0.6 is 23.2 Å². The Kier molecular flexibility index (Phi) is 7.16. The third-order valence-corrected chi connectivity index (χ3v) is 5.75. The summed E-state index contributed by atoms with van der Waals surface area (Å²) >= 11 is 12.2. The second kappa shape index (κ2) is 9.61. The van der Waals surface area contributed by atoms with Crippen molar-refractivity contribution in [1.29, 1.82) is 0 Å². The highest BCUT2D eigenvalue weighted by Gasteiger charge is 2.23. The second-order valence-electron chi connectivity index (χ2n) is 7.10. The minimum absolute atomic E-state index is 0.0742. The number of anilines is 1. The van der Waals surface area contributed by atoms with Gasteiger partial charge in [0.2, 0.25) is 11.8 Å². The fourth-order valence-corrected chi connectivity index (χ4v) is 3.81. The Bertz CT molecular complexity index is 852. The molecule has 0 radical (unpaired) electrons. The molecule has 2 aromatic rings. The molecule has 2 heterocycles. The largest absolute Gasteiger partial charge is 0.361 e. The zero-order valence-corrected chi connectivity index (χ0v) is 18.0. The molecule has 1 aliphatic rings. The number of amides is 2. The van der Waals surface area contributed by atoms with Gasteiger partial charge in [-0.05, 0) is 26.0 Å². The number of hydrogen-bond donors (Lipinski definition) is 1. The molecule has 0 spiro atoms. The molecule has 156 valence electrons. The highest BCUT2D eigenvalue weighted by Crippen LogP contribution is 2.29. The zero-order chi connectivity index (χ0) is 21.0. The van der Waals surface area contributed by atoms with Gasteiger partial charge in [-0.2, -0.15) is 0 Å². The molecule has 9 heteroatoms. The Balaban J connectivity index is 1.43. The summed E-state index contributed by atoms with van der Waals surface area (Å²) in [5.41, 5.74) is 2.07. The van der Waals surface area contributed by atoms with Gasteiger partial charge in [0.05, 0.1) is 27.8 Å². The van der Waals surface area contributed by atoms with Crippen LogP contribution in [0.2, 0.25) is 10.0 Å². The van der Waals surface area contributed by atoms with E-state index in [1.807, 2.05) is 18.7 Å². The number of hydrogen-bond acceptors (Lipinski definition) is 5. The van der Waals surface area contributed by atoms with Gasteiger partial charge in [0.1, 0.15) is 5.76 Å². The molecule has 0 unspecified atom stereocenters. The number of halogens is 2. The van der Waals surface area contributed by atoms with E-state index in [2.05, 4.69) is 15.4 Å². The van der Waals surface area contributed by atoms with Gasteiger partial charge >= 0.3 is 0 Å². The summed E-state index contributed by atoms with van der Waals surface area (Å²) in [6.45, 7) is 7.01. The lowest BCUT2D eigenvalue weighted by atomic mass is 10.1. The van der Waals surface area contributed by atoms with Crippen LogP contribution in [0.4, 0.5) is 5.69 Å². The van der Waals surface area contributed by atoms with E-state index in [1.165, 1.54) is 0 Å². The van der Waals surface area contributed by atoms with Gasteiger partial charge in [0.15, 0.2) is 0 Å². The Morgan fingerprint density at radius 2 is 1.79 bits per heavy atom. The normalized spacial score (nSPS) is 14.8. The maximum Gasteiger partial charge on any atom is 0.227 e. The number of piperazine rings is 1. The molecule has 1 fully saturated rings. The monoisotopic (exact) mass is 438 g/mol. The first-order chi connectivity index (χ1) is 13.8. The average Bonchev–Trinajstić information content (AvgIpc) is 3.01. The van der Waals surface area contributed by atoms with Crippen LogP contribution in [0.25, 0.3) is 0 Å². The number of carbonyl (C=O) groups excluding carboxylic acids is 2. The van der Waals surface area contributed by atoms with Crippen molar-refractivity contribution in [2.24, 2.45) is 0 Å². The summed E-state index contributed by atoms with van der Waals surface area (Å²) in [4.78, 5) is 28.8. The molecule has 0 aliphatic carbocycles. The van der Waals surface area contributed by atoms with Crippen LogP contribution in [0.1, 0.15) is 23.4 Å². The molecule has 1 N–H and O–H groups in total. The molecule has 0 saturated carbocycles. The molecule has 1 aromatic heterocycles. The van der Waals surface area contributed by atoms with Gasteiger partial charge in [0.25, 0.3) is 0 Å². The van der Waals surface area contributed by atoms with Gasteiger partial charge in [-0.25, -0.2) is 0 Å². The van der Waals surface area contributed by atoms with E-state index >= 15 is 0 Å². The molecule has 0 atom stereocenters. The summed E-state index contributed by atoms with van der Waals surface area (Å²) < 4.78 is 5.13. The number of carbonyl (C=O) groups is 2. The van der Waals surface area contributed by atoms with Gasteiger partial charge in [-0.3, -0.25) is 14.5 Å². The fraction of sp³-hybridized carbons (Fsp3) is 0.450. The van der Waals surface area contributed by atoms with E-state index in [1.54, 1.807) is 18.2 Å². The van der Waals surface area contributed by atoms with Crippen molar-refractivity contribution in [3.63, 3.8) is 0 Å². The molecule has 1 aliphatic heterocycles. The van der Waals surface area contributed by atoms with E-state index in [-0.39, 0.29) is 11.8 Å². The number of rotatable bonds is 6. The van der Waals surface area contributed by atoms with Crippen molar-refractivity contribution < 1.29 is 14.1 Å². The Hall–Kier alpha value is -2.09. The van der Waals surface area contributed by atoms with Crippen LogP contribution in [-0.2, 0) is 16.0 Å². The highest BCUT2D eigenvalue weighted by atomic mass is 35.5. The first kappa shape index (κ1) is 21.6. The fourth-order valence-electron chi connectivity index (χ4n) is 3.32. The van der Waals surface area contributed by atoms with Gasteiger partial charge in [-0.15, -0.1) is 0 Å². The average molecular weight is 439 g/mol. The molecule has 1 saturated heterocycles. The number of aryl methyl sites for hydroxylation is 2. The van der Waals surface area contributed by atoms with Crippen molar-refractivity contribution in [3.8, 4) is 0 Å². The van der Waals surface area contributed by atoms with Crippen LogP contribution in [0.15, 0.2) is 22.7 Å². The van der Waals surface area contributed by atoms with Gasteiger partial charge in [0, 0.05) is 44.7 Å². The Morgan fingerprint density at radius 3 is 2.38 bits per heavy atom. The first-order valence-electron chi connectivity index (χ1n) is 9.51. The topological polar surface area (TPSA) is 78.7 Å². The summed E-state index contributed by atoms with van der Waals surface area (Å²) in [5, 5.41) is 7.50. The number of nitrogens with zero attached hydrogens (tertiary/aromatic N) is 3. The van der Waals surface area contributed by atoms with Crippen molar-refractivity contribution >= 4 is 40.7 Å². The predicted octanol–water partition coefficient (Wildman–Crippen LogP) is 3.31. The number of para-hydroxylation sites is 1. The van der Waals surface area contributed by atoms with Crippen molar-refractivity contribution in [2.75, 3.05) is 38.0 Å². The maximum atomic E-state index is 12.6. The summed E-state index contributed by atoms with van der Waals surface area (Å²) in [7, 11) is 0. The quantitative estimate of drug-likeness (QED) is 0.747. The van der Waals surface area contributed by atoms with Gasteiger partial charge in [-0.1, -0.05) is 34.4 Å². The SMILES string of the molecule is Cc1noc(C)c1CC(=O)N1CCN(CCC(=O)Nc2c(Cl)cccc2Cl)CC1. The summed E-state index contributed by atoms with van der Waals surface area (Å²) in [5.74, 6) is 0.626. The van der Waals surface area contributed by atoms with Crippen molar-refractivity contribution in [2.45, 2.75) is 26.7 Å². The smallest absolute Gasteiger partial charge is 0.227 e. The van der Waals surface area contributed by atoms with Crippen LogP contribution in [0.5, 0.6) is 0 Å². The van der Waals surface area contributed by atoms with E-state index in [9.17, 15) is 9.59 Å². The molecule has 0 bridgehead atoms. The number of nitrogens with one attached hydrogen (secondary N) is 1. The van der Waals surface area contributed by atoms with Crippen LogP contribution in [-0.4, -0.2) is 59.5 Å². The molecule has 7 nitrogen and oxygen atoms in total. The van der Waals surface area contributed by atoms with Crippen molar-refractivity contribution in [1.82, 2.24) is 15.0 Å². The predicted molar refractivity (Wildman–Crippen MR) is 112 cm³/mol. The van der Waals surface area contributed by atoms with Gasteiger partial charge < -0.3 is 14.7 Å². The molecule has 1 aromatic carbocycles. The molecular formula is C20H24Cl2N4O3. The summed E-state index contributed by atoms with van der Waals surface area (Å²) in [6, 6.07) is 5.09. The minimum Gasteiger partial charge on any atom is -0.361 e. The van der Waals surface area contributed by atoms with E-state index in [0.717, 1.165) is 24.3 Å². The third-order valence-electron chi connectivity index (χ3n) is 5.12. The standard InChI is InChI=1S/C20H24Cl2N4O3/c1-13-15(14(2)29-24-13)12-19(28)26-10-8-25(9-11-26)7-6-18(27)23-20-16(21)4-3-5-17(20)22/h3-5H,6-12H2,1-2H3,(H,23,27). The second-order valence-corrected chi connectivity index (χ2v) is 7.91. The molecule has 3 rings (SSSR count). The lowest BCUT2D eigenvalue weighted by Gasteiger charge is -2.34. The highest BCUT2D eigenvalue weighted by molar-refractivity contribution is 6.39.